The maximum absolute atomic E-state index is 12.9. The first-order valence-electron chi connectivity index (χ1n) is 10.2. The van der Waals surface area contributed by atoms with Gasteiger partial charge in [-0.1, -0.05) is 26.3 Å². The van der Waals surface area contributed by atoms with Gasteiger partial charge in [0.1, 0.15) is 5.78 Å². The quantitative estimate of drug-likeness (QED) is 0.785. The SMILES string of the molecule is CCN(CC)S(=O)(=O)c1cc(NC(=O)C2CC3CCCC(C2)C3=O)ccc1C. The Labute approximate surface area is 167 Å². The van der Waals surface area contributed by atoms with Crippen molar-refractivity contribution in [2.24, 2.45) is 17.8 Å². The fourth-order valence-corrected chi connectivity index (χ4v) is 6.31. The summed E-state index contributed by atoms with van der Waals surface area (Å²) in [5, 5.41) is 2.90. The summed E-state index contributed by atoms with van der Waals surface area (Å²) >= 11 is 0. The van der Waals surface area contributed by atoms with E-state index in [2.05, 4.69) is 5.32 Å². The van der Waals surface area contributed by atoms with Crippen molar-refractivity contribution in [3.05, 3.63) is 23.8 Å². The molecule has 6 nitrogen and oxygen atoms in total. The molecule has 0 radical (unpaired) electrons. The van der Waals surface area contributed by atoms with Crippen molar-refractivity contribution in [3.63, 3.8) is 0 Å². The van der Waals surface area contributed by atoms with E-state index in [1.165, 1.54) is 4.31 Å². The van der Waals surface area contributed by atoms with Gasteiger partial charge in [0.15, 0.2) is 0 Å². The molecule has 0 spiro atoms. The fourth-order valence-electron chi connectivity index (χ4n) is 4.60. The zero-order valence-corrected chi connectivity index (χ0v) is 17.7. The molecule has 0 aliphatic heterocycles. The van der Waals surface area contributed by atoms with Crippen molar-refractivity contribution >= 4 is 27.4 Å². The Hall–Kier alpha value is -1.73. The highest BCUT2D eigenvalue weighted by atomic mass is 32.2. The van der Waals surface area contributed by atoms with Crippen LogP contribution in [0.3, 0.4) is 0 Å². The van der Waals surface area contributed by atoms with Crippen LogP contribution in [0.5, 0.6) is 0 Å². The Balaban J connectivity index is 1.78. The van der Waals surface area contributed by atoms with Gasteiger partial charge in [0.05, 0.1) is 4.90 Å². The zero-order valence-electron chi connectivity index (χ0n) is 16.9. The predicted octanol–water partition coefficient (Wildman–Crippen LogP) is 3.36. The van der Waals surface area contributed by atoms with E-state index in [0.717, 1.165) is 19.3 Å². The fraction of sp³-hybridized carbons (Fsp3) is 0.619. The molecule has 2 aliphatic rings. The Morgan fingerprint density at radius 1 is 1.14 bits per heavy atom. The highest BCUT2D eigenvalue weighted by Crippen LogP contribution is 2.40. The molecule has 1 aromatic rings. The molecule has 1 amide bonds. The normalized spacial score (nSPS) is 25.0. The lowest BCUT2D eigenvalue weighted by Crippen LogP contribution is -2.40. The van der Waals surface area contributed by atoms with Crippen LogP contribution in [-0.2, 0) is 19.6 Å². The first-order valence-corrected chi connectivity index (χ1v) is 11.7. The number of ketones is 1. The smallest absolute Gasteiger partial charge is 0.243 e. The molecular weight excluding hydrogens is 376 g/mol. The van der Waals surface area contributed by atoms with Crippen LogP contribution in [0.25, 0.3) is 0 Å². The summed E-state index contributed by atoms with van der Waals surface area (Å²) in [6.07, 6.45) is 4.06. The van der Waals surface area contributed by atoms with Crippen LogP contribution in [0.4, 0.5) is 5.69 Å². The van der Waals surface area contributed by atoms with Gasteiger partial charge in [-0.2, -0.15) is 4.31 Å². The summed E-state index contributed by atoms with van der Waals surface area (Å²) in [5.41, 5.74) is 1.14. The minimum absolute atomic E-state index is 0.0138. The molecule has 2 fully saturated rings. The molecule has 0 aromatic heterocycles. The molecule has 1 N–H and O–H groups in total. The lowest BCUT2D eigenvalue weighted by molar-refractivity contribution is -0.136. The van der Waals surface area contributed by atoms with E-state index in [1.807, 2.05) is 13.8 Å². The average Bonchev–Trinajstić information content (AvgIpc) is 2.63. The molecule has 0 saturated heterocycles. The van der Waals surface area contributed by atoms with Crippen LogP contribution >= 0.6 is 0 Å². The van der Waals surface area contributed by atoms with E-state index in [-0.39, 0.29) is 28.6 Å². The molecule has 1 aromatic carbocycles. The van der Waals surface area contributed by atoms with Crippen LogP contribution in [0.2, 0.25) is 0 Å². The number of benzene rings is 1. The number of aryl methyl sites for hydroxylation is 1. The van der Waals surface area contributed by atoms with E-state index in [9.17, 15) is 18.0 Å². The van der Waals surface area contributed by atoms with Gasteiger partial charge in [0.25, 0.3) is 0 Å². The minimum atomic E-state index is -3.60. The van der Waals surface area contributed by atoms with E-state index in [0.29, 0.717) is 43.0 Å². The number of hydrogen-bond donors (Lipinski definition) is 1. The van der Waals surface area contributed by atoms with Gasteiger partial charge < -0.3 is 5.32 Å². The summed E-state index contributed by atoms with van der Waals surface area (Å²) in [6.45, 7) is 6.17. The van der Waals surface area contributed by atoms with Gasteiger partial charge in [-0.25, -0.2) is 8.42 Å². The lowest BCUT2D eigenvalue weighted by Gasteiger charge is -2.36. The van der Waals surface area contributed by atoms with E-state index >= 15 is 0 Å². The number of carbonyl (C=O) groups excluding carboxylic acids is 2. The number of nitrogens with one attached hydrogen (secondary N) is 1. The number of amides is 1. The van der Waals surface area contributed by atoms with Gasteiger partial charge in [-0.3, -0.25) is 9.59 Å². The Morgan fingerprint density at radius 3 is 2.32 bits per heavy atom. The molecule has 2 unspecified atom stereocenters. The van der Waals surface area contributed by atoms with Gasteiger partial charge in [0.2, 0.25) is 15.9 Å². The average molecular weight is 407 g/mol. The molecule has 7 heteroatoms. The van der Waals surface area contributed by atoms with Crippen LogP contribution < -0.4 is 5.32 Å². The first kappa shape index (κ1) is 21.0. The molecular formula is C21H30N2O4S. The van der Waals surface area contributed by atoms with Crippen molar-refractivity contribution in [2.45, 2.75) is 57.8 Å². The summed E-state index contributed by atoms with van der Waals surface area (Å²) in [5.74, 6) is 0.0644. The number of Topliss-reactive ketones (excluding diaryl/α,β-unsaturated/α-hetero) is 1. The Kier molecular flexibility index (Phi) is 6.25. The van der Waals surface area contributed by atoms with Crippen molar-refractivity contribution in [1.29, 1.82) is 0 Å². The van der Waals surface area contributed by atoms with Gasteiger partial charge >= 0.3 is 0 Å². The number of carbonyl (C=O) groups is 2. The summed E-state index contributed by atoms with van der Waals surface area (Å²) in [4.78, 5) is 25.3. The maximum atomic E-state index is 12.9. The molecule has 0 heterocycles. The maximum Gasteiger partial charge on any atom is 0.243 e. The van der Waals surface area contributed by atoms with Crippen molar-refractivity contribution in [1.82, 2.24) is 4.31 Å². The summed E-state index contributed by atoms with van der Waals surface area (Å²) < 4.78 is 27.2. The molecule has 154 valence electrons. The summed E-state index contributed by atoms with van der Waals surface area (Å²) in [6, 6.07) is 5.02. The van der Waals surface area contributed by atoms with E-state index in [4.69, 9.17) is 0 Å². The topological polar surface area (TPSA) is 83.6 Å². The van der Waals surface area contributed by atoms with Crippen molar-refractivity contribution < 1.29 is 18.0 Å². The number of rotatable bonds is 6. The van der Waals surface area contributed by atoms with Crippen molar-refractivity contribution in [2.75, 3.05) is 18.4 Å². The van der Waals surface area contributed by atoms with Crippen LogP contribution in [0.1, 0.15) is 51.5 Å². The second-order valence-corrected chi connectivity index (χ2v) is 9.86. The Bertz CT molecular complexity index is 845. The van der Waals surface area contributed by atoms with Gasteiger partial charge in [-0.15, -0.1) is 0 Å². The molecule has 2 saturated carbocycles. The number of nitrogens with zero attached hydrogens (tertiary/aromatic N) is 1. The van der Waals surface area contributed by atoms with Gasteiger partial charge in [-0.05, 0) is 50.3 Å². The molecule has 2 bridgehead atoms. The second kappa shape index (κ2) is 8.33. The third-order valence-corrected chi connectivity index (χ3v) is 8.39. The number of sulfonamides is 1. The molecule has 2 aliphatic carbocycles. The van der Waals surface area contributed by atoms with E-state index in [1.54, 1.807) is 25.1 Å². The lowest BCUT2D eigenvalue weighted by atomic mass is 9.67. The molecule has 28 heavy (non-hydrogen) atoms. The highest BCUT2D eigenvalue weighted by Gasteiger charge is 2.41. The van der Waals surface area contributed by atoms with E-state index < -0.39 is 10.0 Å². The van der Waals surface area contributed by atoms with Gasteiger partial charge in [0, 0.05) is 36.5 Å². The highest BCUT2D eigenvalue weighted by molar-refractivity contribution is 7.89. The zero-order chi connectivity index (χ0) is 20.5. The molecule has 3 rings (SSSR count). The molecule has 2 atom stereocenters. The van der Waals surface area contributed by atoms with Crippen LogP contribution in [0, 0.1) is 24.7 Å². The largest absolute Gasteiger partial charge is 0.326 e. The van der Waals surface area contributed by atoms with Crippen molar-refractivity contribution in [3.8, 4) is 0 Å². The predicted molar refractivity (Wildman–Crippen MR) is 108 cm³/mol. The third-order valence-electron chi connectivity index (χ3n) is 6.20. The van der Waals surface area contributed by atoms with Crippen LogP contribution in [-0.4, -0.2) is 37.5 Å². The number of fused-ring (bicyclic) bond motifs is 2. The van der Waals surface area contributed by atoms with Crippen LogP contribution in [0.15, 0.2) is 23.1 Å². The summed E-state index contributed by atoms with van der Waals surface area (Å²) in [7, 11) is -3.60. The minimum Gasteiger partial charge on any atom is -0.326 e. The monoisotopic (exact) mass is 406 g/mol. The number of anilines is 1. The first-order chi connectivity index (χ1) is 13.3. The number of hydrogen-bond acceptors (Lipinski definition) is 4. The standard InChI is InChI=1S/C21H30N2O4S/c1-4-23(5-2)28(26,27)19-13-18(10-9-14(19)3)22-21(25)17-11-15-7-6-8-16(12-17)20(15)24/h9-10,13,15-17H,4-8,11-12H2,1-3H3,(H,22,25). The Morgan fingerprint density at radius 2 is 1.75 bits per heavy atom. The second-order valence-electron chi connectivity index (χ2n) is 7.95. The third kappa shape index (κ3) is 4.01.